The van der Waals surface area contributed by atoms with Crippen molar-refractivity contribution in [3.8, 4) is 11.3 Å². The van der Waals surface area contributed by atoms with Gasteiger partial charge in [-0.2, -0.15) is 0 Å². The van der Waals surface area contributed by atoms with Crippen LogP contribution >= 0.6 is 0 Å². The lowest BCUT2D eigenvalue weighted by molar-refractivity contribution is -0.0509. The van der Waals surface area contributed by atoms with Crippen molar-refractivity contribution in [2.45, 2.75) is 24.5 Å². The van der Waals surface area contributed by atoms with E-state index in [2.05, 4.69) is 4.98 Å². The number of carboxylic acid groups (broad SMARTS) is 1. The van der Waals surface area contributed by atoms with Gasteiger partial charge in [0.05, 0.1) is 30.8 Å². The number of piperidine rings is 1. The van der Waals surface area contributed by atoms with E-state index in [0.717, 1.165) is 16.8 Å². The molecule has 1 aromatic carbocycles. The van der Waals surface area contributed by atoms with Gasteiger partial charge in [-0.15, -0.1) is 0 Å². The van der Waals surface area contributed by atoms with Crippen LogP contribution in [0, 0.1) is 0 Å². The first-order chi connectivity index (χ1) is 10.6. The van der Waals surface area contributed by atoms with Gasteiger partial charge in [0.1, 0.15) is 5.60 Å². The van der Waals surface area contributed by atoms with Gasteiger partial charge >= 0.3 is 6.09 Å². The fraction of sp³-hybridized carbons (Fsp3) is 0.375. The molecule has 2 aliphatic rings. The summed E-state index contributed by atoms with van der Waals surface area (Å²) in [6.45, 7) is 0.599. The third-order valence-corrected chi connectivity index (χ3v) is 4.76. The highest BCUT2D eigenvalue weighted by Gasteiger charge is 2.47. The molecule has 2 aliphatic heterocycles. The van der Waals surface area contributed by atoms with Crippen LogP contribution in [0.3, 0.4) is 0 Å². The highest BCUT2D eigenvalue weighted by atomic mass is 16.4. The van der Waals surface area contributed by atoms with Gasteiger partial charge in [0.25, 0.3) is 0 Å². The van der Waals surface area contributed by atoms with Crippen molar-refractivity contribution in [3.63, 3.8) is 0 Å². The summed E-state index contributed by atoms with van der Waals surface area (Å²) < 4.78 is 1.97. The second-order valence-corrected chi connectivity index (χ2v) is 6.09. The van der Waals surface area contributed by atoms with Crippen LogP contribution in [-0.4, -0.2) is 49.4 Å². The number of hydrogen-bond acceptors (Lipinski definition) is 3. The van der Waals surface area contributed by atoms with Crippen LogP contribution in [0.25, 0.3) is 11.3 Å². The van der Waals surface area contributed by atoms with E-state index in [9.17, 15) is 15.0 Å². The van der Waals surface area contributed by atoms with Gasteiger partial charge in [0, 0.05) is 12.1 Å². The standard InChI is InChI=1S/C16H17N3O3/c20-15(21)18-7-3-6-16(22,9-18)14-12-5-2-1-4-11(12)13-8-17-10-19(13)14/h1-2,4-5,8,10,14,22H,3,6-7,9H2,(H,20,21)/t14-,16+/m1/s1. The quantitative estimate of drug-likeness (QED) is 0.843. The average Bonchev–Trinajstić information content (AvgIpc) is 3.07. The molecule has 4 rings (SSSR count). The molecule has 0 aliphatic carbocycles. The number of likely N-dealkylation sites (tertiary alicyclic amines) is 1. The second kappa shape index (κ2) is 4.58. The number of hydrogen-bond donors (Lipinski definition) is 2. The molecule has 0 bridgehead atoms. The fourth-order valence-corrected chi connectivity index (χ4v) is 3.84. The van der Waals surface area contributed by atoms with Crippen molar-refractivity contribution in [2.24, 2.45) is 0 Å². The smallest absolute Gasteiger partial charge is 0.407 e. The Morgan fingerprint density at radius 3 is 3.00 bits per heavy atom. The SMILES string of the molecule is O=C(O)N1CCC[C@@](O)([C@H]2c3ccccc3-c3cncn32)C1. The van der Waals surface area contributed by atoms with Gasteiger partial charge in [-0.05, 0) is 18.4 Å². The predicted molar refractivity (Wildman–Crippen MR) is 79.6 cm³/mol. The monoisotopic (exact) mass is 299 g/mol. The summed E-state index contributed by atoms with van der Waals surface area (Å²) in [5, 5.41) is 20.5. The van der Waals surface area contributed by atoms with E-state index in [0.29, 0.717) is 19.4 Å². The van der Waals surface area contributed by atoms with Gasteiger partial charge in [-0.3, -0.25) is 0 Å². The fourth-order valence-electron chi connectivity index (χ4n) is 3.84. The molecule has 22 heavy (non-hydrogen) atoms. The number of rotatable bonds is 1. The Bertz CT molecular complexity index is 742. The van der Waals surface area contributed by atoms with E-state index in [1.165, 1.54) is 4.90 Å². The molecule has 2 atom stereocenters. The highest BCUT2D eigenvalue weighted by Crippen LogP contribution is 2.46. The zero-order valence-electron chi connectivity index (χ0n) is 12.0. The van der Waals surface area contributed by atoms with Gasteiger partial charge in [-0.1, -0.05) is 24.3 Å². The van der Waals surface area contributed by atoms with E-state index in [-0.39, 0.29) is 12.6 Å². The zero-order valence-corrected chi connectivity index (χ0v) is 12.0. The lowest BCUT2D eigenvalue weighted by Crippen LogP contribution is -2.54. The van der Waals surface area contributed by atoms with Crippen LogP contribution in [0.1, 0.15) is 24.4 Å². The van der Waals surface area contributed by atoms with Crippen molar-refractivity contribution in [3.05, 3.63) is 42.4 Å². The predicted octanol–water partition coefficient (Wildman–Crippen LogP) is 1.96. The summed E-state index contributed by atoms with van der Waals surface area (Å²) >= 11 is 0. The number of fused-ring (bicyclic) bond motifs is 3. The van der Waals surface area contributed by atoms with Crippen LogP contribution in [0.4, 0.5) is 4.79 Å². The van der Waals surface area contributed by atoms with Gasteiger partial charge in [0.2, 0.25) is 0 Å². The summed E-state index contributed by atoms with van der Waals surface area (Å²) in [4.78, 5) is 16.8. The molecule has 2 aromatic rings. The van der Waals surface area contributed by atoms with Crippen LogP contribution in [-0.2, 0) is 0 Å². The normalized spacial score (nSPS) is 26.6. The van der Waals surface area contributed by atoms with Gasteiger partial charge < -0.3 is 19.7 Å². The minimum atomic E-state index is -1.11. The molecule has 6 heteroatoms. The van der Waals surface area contributed by atoms with Crippen LogP contribution < -0.4 is 0 Å². The Hall–Kier alpha value is -2.34. The number of imidazole rings is 1. The minimum absolute atomic E-state index is 0.124. The maximum Gasteiger partial charge on any atom is 0.407 e. The molecule has 6 nitrogen and oxygen atoms in total. The number of amides is 1. The van der Waals surface area contributed by atoms with E-state index in [4.69, 9.17) is 0 Å². The molecule has 1 fully saturated rings. The first-order valence-corrected chi connectivity index (χ1v) is 7.41. The van der Waals surface area contributed by atoms with Crippen molar-refractivity contribution >= 4 is 6.09 Å². The molecule has 0 radical (unpaired) electrons. The van der Waals surface area contributed by atoms with Crippen LogP contribution in [0.15, 0.2) is 36.8 Å². The number of benzene rings is 1. The van der Waals surface area contributed by atoms with E-state index < -0.39 is 11.7 Å². The van der Waals surface area contributed by atoms with Crippen LogP contribution in [0.5, 0.6) is 0 Å². The molecule has 114 valence electrons. The molecule has 1 saturated heterocycles. The van der Waals surface area contributed by atoms with Crippen LogP contribution in [0.2, 0.25) is 0 Å². The van der Waals surface area contributed by atoms with E-state index in [1.807, 2.05) is 28.8 Å². The Morgan fingerprint density at radius 1 is 1.36 bits per heavy atom. The highest BCUT2D eigenvalue weighted by molar-refractivity contribution is 5.70. The average molecular weight is 299 g/mol. The summed E-state index contributed by atoms with van der Waals surface area (Å²) in [5.41, 5.74) is 1.96. The Balaban J connectivity index is 1.81. The summed E-state index contributed by atoms with van der Waals surface area (Å²) in [6.07, 6.45) is 3.77. The maximum absolute atomic E-state index is 11.3. The first kappa shape index (κ1) is 13.3. The number of carbonyl (C=O) groups is 1. The summed E-state index contributed by atoms with van der Waals surface area (Å²) in [7, 11) is 0. The van der Waals surface area contributed by atoms with Gasteiger partial charge in [0.15, 0.2) is 0 Å². The lowest BCUT2D eigenvalue weighted by atomic mass is 9.82. The number of aromatic nitrogens is 2. The Labute approximate surface area is 127 Å². The third kappa shape index (κ3) is 1.77. The third-order valence-electron chi connectivity index (χ3n) is 4.76. The van der Waals surface area contributed by atoms with Crippen molar-refractivity contribution < 1.29 is 15.0 Å². The van der Waals surface area contributed by atoms with E-state index in [1.54, 1.807) is 12.5 Å². The minimum Gasteiger partial charge on any atom is -0.465 e. The van der Waals surface area contributed by atoms with Crippen molar-refractivity contribution in [2.75, 3.05) is 13.1 Å². The van der Waals surface area contributed by atoms with Crippen molar-refractivity contribution in [1.29, 1.82) is 0 Å². The molecule has 1 aromatic heterocycles. The largest absolute Gasteiger partial charge is 0.465 e. The molecule has 2 N–H and O–H groups in total. The Morgan fingerprint density at radius 2 is 2.18 bits per heavy atom. The number of nitrogens with zero attached hydrogens (tertiary/aromatic N) is 3. The van der Waals surface area contributed by atoms with Gasteiger partial charge in [-0.25, -0.2) is 9.78 Å². The maximum atomic E-state index is 11.3. The first-order valence-electron chi connectivity index (χ1n) is 7.41. The molecule has 3 heterocycles. The Kier molecular flexibility index (Phi) is 2.77. The number of aliphatic hydroxyl groups is 1. The summed E-state index contributed by atoms with van der Waals surface area (Å²) in [5.74, 6) is 0. The topological polar surface area (TPSA) is 78.6 Å². The molecule has 0 spiro atoms. The summed E-state index contributed by atoms with van der Waals surface area (Å²) in [6, 6.07) is 7.65. The molecule has 1 amide bonds. The molecule has 0 saturated carbocycles. The lowest BCUT2D eigenvalue weighted by Gasteiger charge is -2.42. The molecular formula is C16H17N3O3. The number of β-amino-alcohol motifs (C(OH)–C–C–N with tert-alkyl or cyclic N) is 1. The second-order valence-electron chi connectivity index (χ2n) is 6.09. The zero-order chi connectivity index (χ0) is 15.3. The van der Waals surface area contributed by atoms with E-state index >= 15 is 0 Å². The molecular weight excluding hydrogens is 282 g/mol. The molecule has 0 unspecified atom stereocenters. The van der Waals surface area contributed by atoms with Crippen molar-refractivity contribution in [1.82, 2.24) is 14.5 Å².